The third-order valence-corrected chi connectivity index (χ3v) is 8.01. The van der Waals surface area contributed by atoms with E-state index < -0.39 is 0 Å². The van der Waals surface area contributed by atoms with Gasteiger partial charge in [0.05, 0.1) is 0 Å². The highest BCUT2D eigenvalue weighted by Gasteiger charge is 2.57. The molecule has 0 unspecified atom stereocenters. The lowest BCUT2D eigenvalue weighted by molar-refractivity contribution is -0.116. The van der Waals surface area contributed by atoms with E-state index in [4.69, 9.17) is 11.6 Å². The van der Waals surface area contributed by atoms with Gasteiger partial charge in [-0.25, -0.2) is 0 Å². The molecular weight excluding hydrogens is 304 g/mol. The number of allylic oxidation sites excluding steroid dienone is 1. The fourth-order valence-electron chi connectivity index (χ4n) is 6.96. The number of halogens is 1. The van der Waals surface area contributed by atoms with Crippen molar-refractivity contribution in [3.63, 3.8) is 0 Å². The molecular formula is C21H27ClO. The van der Waals surface area contributed by atoms with Crippen molar-refractivity contribution in [3.05, 3.63) is 11.6 Å². The zero-order chi connectivity index (χ0) is 16.0. The molecule has 0 radical (unpaired) electrons. The van der Waals surface area contributed by atoms with Gasteiger partial charge in [0.2, 0.25) is 0 Å². The Balaban J connectivity index is 1.63. The lowest BCUT2D eigenvalue weighted by Gasteiger charge is -2.54. The van der Waals surface area contributed by atoms with Crippen LogP contribution in [0.2, 0.25) is 0 Å². The molecule has 0 heterocycles. The van der Waals surface area contributed by atoms with Crippen molar-refractivity contribution in [2.24, 2.45) is 35.0 Å². The highest BCUT2D eigenvalue weighted by atomic mass is 35.5. The Hall–Kier alpha value is -0.740. The van der Waals surface area contributed by atoms with Crippen LogP contribution in [0.4, 0.5) is 0 Å². The third kappa shape index (κ3) is 2.32. The minimum Gasteiger partial charge on any atom is -0.295 e. The summed E-state index contributed by atoms with van der Waals surface area (Å²) < 4.78 is 0. The summed E-state index contributed by atoms with van der Waals surface area (Å²) in [5.41, 5.74) is 1.91. The molecule has 0 spiro atoms. The van der Waals surface area contributed by atoms with Gasteiger partial charge in [0.1, 0.15) is 0 Å². The van der Waals surface area contributed by atoms with Crippen molar-refractivity contribution in [2.75, 3.05) is 0 Å². The molecule has 4 aliphatic rings. The number of carbonyl (C=O) groups is 1. The summed E-state index contributed by atoms with van der Waals surface area (Å²) in [7, 11) is 0. The first-order valence-corrected chi connectivity index (χ1v) is 9.92. The first-order chi connectivity index (χ1) is 11.2. The molecule has 4 rings (SSSR count). The van der Waals surface area contributed by atoms with Gasteiger partial charge in [-0.15, -0.1) is 0 Å². The smallest absolute Gasteiger partial charge is 0.155 e. The quantitative estimate of drug-likeness (QED) is 0.593. The van der Waals surface area contributed by atoms with E-state index >= 15 is 0 Å². The molecule has 3 saturated carbocycles. The van der Waals surface area contributed by atoms with Crippen LogP contribution in [0.25, 0.3) is 0 Å². The van der Waals surface area contributed by atoms with Crippen LogP contribution in [0, 0.1) is 46.3 Å². The Morgan fingerprint density at radius 1 is 1.17 bits per heavy atom. The van der Waals surface area contributed by atoms with Crippen LogP contribution in [0.1, 0.15) is 64.7 Å². The standard InChI is InChI=1S/C21H27ClO/c1-2-21-11-9-18-17-7-5-16(23)13-14(17)3-6-19(18)20(21)8-4-15(21)10-12-22/h13,15,17-20H,2-9,11H2,1H3/t15-,17-,18+,19+,20-,21+/m0/s1. The molecule has 0 bridgehead atoms. The zero-order valence-electron chi connectivity index (χ0n) is 14.1. The molecule has 0 aromatic carbocycles. The molecule has 0 N–H and O–H groups in total. The Labute approximate surface area is 145 Å². The molecule has 0 aliphatic heterocycles. The summed E-state index contributed by atoms with van der Waals surface area (Å²) >= 11 is 5.77. The second-order valence-corrected chi connectivity index (χ2v) is 8.49. The molecule has 3 fully saturated rings. The summed E-state index contributed by atoms with van der Waals surface area (Å²) in [5, 5.41) is 2.70. The number of hydrogen-bond acceptors (Lipinski definition) is 1. The Morgan fingerprint density at radius 3 is 2.83 bits per heavy atom. The normalized spacial score (nSPS) is 45.2. The number of hydrogen-bond donors (Lipinski definition) is 0. The summed E-state index contributed by atoms with van der Waals surface area (Å²) in [6.07, 6.45) is 12.9. The highest BCUT2D eigenvalue weighted by Crippen LogP contribution is 2.64. The van der Waals surface area contributed by atoms with E-state index in [-0.39, 0.29) is 0 Å². The van der Waals surface area contributed by atoms with E-state index in [9.17, 15) is 4.79 Å². The van der Waals surface area contributed by atoms with Crippen LogP contribution in [0.15, 0.2) is 11.6 Å². The number of fused-ring (bicyclic) bond motifs is 5. The van der Waals surface area contributed by atoms with Crippen LogP contribution in [0.5, 0.6) is 0 Å². The van der Waals surface area contributed by atoms with Gasteiger partial charge >= 0.3 is 0 Å². The summed E-state index contributed by atoms with van der Waals surface area (Å²) in [5.74, 6) is 7.47. The minimum atomic E-state index is 0.367. The van der Waals surface area contributed by atoms with E-state index in [1.165, 1.54) is 50.5 Å². The largest absolute Gasteiger partial charge is 0.295 e. The molecule has 0 amide bonds. The molecule has 1 nitrogen and oxygen atoms in total. The molecule has 4 aliphatic carbocycles. The third-order valence-electron chi connectivity index (χ3n) is 7.90. The fraction of sp³-hybridized carbons (Fsp3) is 0.762. The van der Waals surface area contributed by atoms with Crippen LogP contribution in [-0.4, -0.2) is 5.78 Å². The molecule has 6 atom stereocenters. The van der Waals surface area contributed by atoms with Crippen LogP contribution >= 0.6 is 11.6 Å². The molecule has 0 aromatic rings. The summed E-state index contributed by atoms with van der Waals surface area (Å²) in [6.45, 7) is 2.37. The maximum absolute atomic E-state index is 11.8. The van der Waals surface area contributed by atoms with Gasteiger partial charge in [0.25, 0.3) is 0 Å². The van der Waals surface area contributed by atoms with Gasteiger partial charge in [0.15, 0.2) is 5.78 Å². The first-order valence-electron chi connectivity index (χ1n) is 9.54. The Bertz CT molecular complexity index is 595. The monoisotopic (exact) mass is 330 g/mol. The van der Waals surface area contributed by atoms with Gasteiger partial charge in [-0.3, -0.25) is 4.79 Å². The Kier molecular flexibility index (Phi) is 4.09. The van der Waals surface area contributed by atoms with Crippen molar-refractivity contribution < 1.29 is 4.79 Å². The van der Waals surface area contributed by atoms with Gasteiger partial charge in [-0.05, 0) is 98.1 Å². The summed E-state index contributed by atoms with van der Waals surface area (Å²) in [4.78, 5) is 11.8. The van der Waals surface area contributed by atoms with Gasteiger partial charge < -0.3 is 0 Å². The number of carbonyl (C=O) groups excluding carboxylic acids is 1. The SMILES string of the molecule is CC[C@]12CC[C@H]3[C@@H](CCC4=CC(=O)CC[C@@H]43)[C@@H]1CC[C@H]2C#CCl. The average Bonchev–Trinajstić information content (AvgIpc) is 2.94. The van der Waals surface area contributed by atoms with Crippen molar-refractivity contribution in [1.82, 2.24) is 0 Å². The summed E-state index contributed by atoms with van der Waals surface area (Å²) in [6, 6.07) is 0. The van der Waals surface area contributed by atoms with Gasteiger partial charge in [-0.2, -0.15) is 0 Å². The topological polar surface area (TPSA) is 17.1 Å². The van der Waals surface area contributed by atoms with E-state index in [0.29, 0.717) is 23.0 Å². The molecule has 0 saturated heterocycles. The van der Waals surface area contributed by atoms with E-state index in [2.05, 4.69) is 18.2 Å². The Morgan fingerprint density at radius 2 is 2.04 bits per heavy atom. The van der Waals surface area contributed by atoms with E-state index in [1.54, 1.807) is 0 Å². The van der Waals surface area contributed by atoms with Crippen LogP contribution in [0.3, 0.4) is 0 Å². The minimum absolute atomic E-state index is 0.367. The maximum atomic E-state index is 11.8. The van der Waals surface area contributed by atoms with Crippen LogP contribution in [-0.2, 0) is 4.79 Å². The first kappa shape index (κ1) is 15.8. The predicted molar refractivity (Wildman–Crippen MR) is 93.8 cm³/mol. The highest BCUT2D eigenvalue weighted by molar-refractivity contribution is 6.30. The average molecular weight is 331 g/mol. The molecule has 124 valence electrons. The van der Waals surface area contributed by atoms with Crippen molar-refractivity contribution in [2.45, 2.75) is 64.7 Å². The number of ketones is 1. The van der Waals surface area contributed by atoms with Crippen molar-refractivity contribution in [3.8, 4) is 11.3 Å². The van der Waals surface area contributed by atoms with Crippen LogP contribution < -0.4 is 0 Å². The number of rotatable bonds is 1. The lowest BCUT2D eigenvalue weighted by atomic mass is 9.50. The molecule has 2 heteroatoms. The van der Waals surface area contributed by atoms with Gasteiger partial charge in [0, 0.05) is 17.7 Å². The second-order valence-electron chi connectivity index (χ2n) is 8.30. The predicted octanol–water partition coefficient (Wildman–Crippen LogP) is 5.33. The van der Waals surface area contributed by atoms with E-state index in [1.807, 2.05) is 6.08 Å². The van der Waals surface area contributed by atoms with Gasteiger partial charge in [-0.1, -0.05) is 18.4 Å². The van der Waals surface area contributed by atoms with Crippen molar-refractivity contribution >= 4 is 17.4 Å². The lowest BCUT2D eigenvalue weighted by Crippen LogP contribution is -2.47. The van der Waals surface area contributed by atoms with Crippen molar-refractivity contribution in [1.29, 1.82) is 0 Å². The molecule has 0 aromatic heterocycles. The zero-order valence-corrected chi connectivity index (χ0v) is 14.9. The maximum Gasteiger partial charge on any atom is 0.155 e. The van der Waals surface area contributed by atoms with E-state index in [0.717, 1.165) is 30.6 Å². The second kappa shape index (κ2) is 5.96. The molecule has 23 heavy (non-hydrogen) atoms. The fourth-order valence-corrected chi connectivity index (χ4v) is 7.09.